The number of carboxylic acids is 1. The van der Waals surface area contributed by atoms with Crippen LogP contribution < -0.4 is 15.0 Å². The fourth-order valence-corrected chi connectivity index (χ4v) is 5.40. The van der Waals surface area contributed by atoms with Gasteiger partial charge in [0.15, 0.2) is 0 Å². The van der Waals surface area contributed by atoms with Gasteiger partial charge in [-0.15, -0.1) is 0 Å². The zero-order valence-electron chi connectivity index (χ0n) is 18.9. The van der Waals surface area contributed by atoms with E-state index in [1.807, 2.05) is 0 Å². The number of imide groups is 1. The molecule has 8 heteroatoms. The smallest absolute Gasteiger partial charge is 0.325 e. The number of carbonyl (C=O) groups is 3. The van der Waals surface area contributed by atoms with Crippen molar-refractivity contribution in [3.05, 3.63) is 95.8 Å². The molecule has 2 saturated heterocycles. The topological polar surface area (TPSA) is 95.9 Å². The van der Waals surface area contributed by atoms with E-state index in [9.17, 15) is 23.9 Å². The van der Waals surface area contributed by atoms with Crippen LogP contribution in [-0.2, 0) is 20.8 Å². The minimum Gasteiger partial charge on any atom is -0.495 e. The van der Waals surface area contributed by atoms with Crippen molar-refractivity contribution in [1.29, 1.82) is 0 Å². The lowest BCUT2D eigenvalue weighted by molar-refractivity contribution is -0.148. The maximum absolute atomic E-state index is 14.9. The first kappa shape index (κ1) is 22.7. The highest BCUT2D eigenvalue weighted by molar-refractivity contribution is 6.24. The normalized spacial score (nSPS) is 25.5. The van der Waals surface area contributed by atoms with E-state index in [-0.39, 0.29) is 17.7 Å². The quantitative estimate of drug-likeness (QED) is 0.532. The molecule has 0 spiro atoms. The van der Waals surface area contributed by atoms with Gasteiger partial charge < -0.3 is 9.84 Å². The molecule has 35 heavy (non-hydrogen) atoms. The molecular weight excluding hydrogens is 451 g/mol. The molecule has 4 unspecified atom stereocenters. The maximum Gasteiger partial charge on any atom is 0.325 e. The van der Waals surface area contributed by atoms with Crippen molar-refractivity contribution in [2.24, 2.45) is 11.8 Å². The van der Waals surface area contributed by atoms with Gasteiger partial charge in [-0.1, -0.05) is 60.7 Å². The first-order chi connectivity index (χ1) is 16.9. The molecular formula is C27H23FN2O5. The zero-order chi connectivity index (χ0) is 24.7. The summed E-state index contributed by atoms with van der Waals surface area (Å²) in [6, 6.07) is 20.3. The Bertz CT molecular complexity index is 1310. The van der Waals surface area contributed by atoms with Crippen molar-refractivity contribution in [3.63, 3.8) is 0 Å². The Kier molecular flexibility index (Phi) is 5.61. The van der Waals surface area contributed by atoms with Crippen molar-refractivity contribution < 1.29 is 28.6 Å². The summed E-state index contributed by atoms with van der Waals surface area (Å²) in [4.78, 5) is 41.6. The molecule has 3 aromatic rings. The predicted octanol–water partition coefficient (Wildman–Crippen LogP) is 3.35. The van der Waals surface area contributed by atoms with Crippen LogP contribution >= 0.6 is 0 Å². The van der Waals surface area contributed by atoms with Crippen LogP contribution in [0.1, 0.15) is 17.2 Å². The molecule has 2 fully saturated rings. The van der Waals surface area contributed by atoms with Gasteiger partial charge in [-0.3, -0.25) is 19.7 Å². The van der Waals surface area contributed by atoms with Gasteiger partial charge in [-0.05, 0) is 23.8 Å². The highest BCUT2D eigenvalue weighted by atomic mass is 19.1. The third-order valence-corrected chi connectivity index (χ3v) is 6.93. The molecule has 0 saturated carbocycles. The monoisotopic (exact) mass is 474 g/mol. The number of rotatable bonds is 6. The lowest BCUT2D eigenvalue weighted by Gasteiger charge is -2.31. The molecule has 3 aromatic carbocycles. The molecule has 2 heterocycles. The number of halogens is 1. The molecule has 0 bridgehead atoms. The number of hydrogen-bond acceptors (Lipinski definition) is 5. The van der Waals surface area contributed by atoms with Gasteiger partial charge in [0.05, 0.1) is 24.6 Å². The Labute approximate surface area is 201 Å². The molecule has 5 rings (SSSR count). The molecule has 0 radical (unpaired) electrons. The van der Waals surface area contributed by atoms with Gasteiger partial charge in [0.1, 0.15) is 17.1 Å². The molecule has 2 N–H and O–H groups in total. The number of carboxylic acid groups (broad SMARTS) is 1. The number of aliphatic carboxylic acids is 1. The second-order valence-corrected chi connectivity index (χ2v) is 8.77. The summed E-state index contributed by atoms with van der Waals surface area (Å²) in [6.07, 6.45) is -0.0614. The van der Waals surface area contributed by atoms with Gasteiger partial charge in [0, 0.05) is 18.0 Å². The van der Waals surface area contributed by atoms with Crippen LogP contribution in [0.15, 0.2) is 78.9 Å². The Morgan fingerprint density at radius 1 is 1.00 bits per heavy atom. The first-order valence-electron chi connectivity index (χ1n) is 11.2. The Morgan fingerprint density at radius 2 is 1.66 bits per heavy atom. The highest BCUT2D eigenvalue weighted by Gasteiger charge is 2.69. The van der Waals surface area contributed by atoms with Crippen LogP contribution in [0.4, 0.5) is 10.1 Å². The second kappa shape index (κ2) is 8.63. The summed E-state index contributed by atoms with van der Waals surface area (Å²) in [5, 5.41) is 13.5. The number of ether oxygens (including phenoxy) is 1. The standard InChI is InChI=1S/C27H23FN2O5/c1-35-20-14-8-7-13-19(20)30-24(31)21-22(25(30)32)27(26(33)34,15-16-9-3-2-4-10-16)29-23(21)17-11-5-6-12-18(17)28/h2-14,21-23,29H,15H2,1H3,(H,33,34). The second-order valence-electron chi connectivity index (χ2n) is 8.77. The van der Waals surface area contributed by atoms with E-state index in [0.717, 1.165) is 4.90 Å². The third kappa shape index (κ3) is 3.49. The van der Waals surface area contributed by atoms with E-state index in [4.69, 9.17) is 4.74 Å². The number of hydrogen-bond donors (Lipinski definition) is 2. The van der Waals surface area contributed by atoms with E-state index in [0.29, 0.717) is 11.3 Å². The highest BCUT2D eigenvalue weighted by Crippen LogP contribution is 2.52. The summed E-state index contributed by atoms with van der Waals surface area (Å²) >= 11 is 0. The van der Waals surface area contributed by atoms with Crippen LogP contribution in [0.5, 0.6) is 5.75 Å². The number of amides is 2. The van der Waals surface area contributed by atoms with E-state index in [2.05, 4.69) is 5.32 Å². The summed E-state index contributed by atoms with van der Waals surface area (Å²) in [6.45, 7) is 0. The number of methoxy groups -OCH3 is 1. The zero-order valence-corrected chi connectivity index (χ0v) is 18.9. The van der Waals surface area contributed by atoms with Crippen LogP contribution in [0.2, 0.25) is 0 Å². The summed E-state index contributed by atoms with van der Waals surface area (Å²) in [7, 11) is 1.42. The fourth-order valence-electron chi connectivity index (χ4n) is 5.40. The number of nitrogens with zero attached hydrogens (tertiary/aromatic N) is 1. The largest absolute Gasteiger partial charge is 0.495 e. The predicted molar refractivity (Wildman–Crippen MR) is 125 cm³/mol. The lowest BCUT2D eigenvalue weighted by atomic mass is 9.76. The third-order valence-electron chi connectivity index (χ3n) is 6.93. The van der Waals surface area contributed by atoms with Gasteiger partial charge >= 0.3 is 5.97 Å². The fraction of sp³-hybridized carbons (Fsp3) is 0.222. The van der Waals surface area contributed by atoms with Gasteiger partial charge in [-0.25, -0.2) is 9.29 Å². The van der Waals surface area contributed by atoms with Crippen LogP contribution in [-0.4, -0.2) is 35.5 Å². The summed E-state index contributed by atoms with van der Waals surface area (Å²) in [5.74, 6) is -5.20. The molecule has 7 nitrogen and oxygen atoms in total. The van der Waals surface area contributed by atoms with Crippen molar-refractivity contribution in [1.82, 2.24) is 5.32 Å². The Balaban J connectivity index is 1.69. The maximum atomic E-state index is 14.9. The molecule has 2 aliphatic heterocycles. The van der Waals surface area contributed by atoms with Gasteiger partial charge in [0.2, 0.25) is 11.8 Å². The van der Waals surface area contributed by atoms with Crippen molar-refractivity contribution in [3.8, 4) is 5.75 Å². The van der Waals surface area contributed by atoms with Gasteiger partial charge in [0.25, 0.3) is 0 Å². The van der Waals surface area contributed by atoms with Crippen molar-refractivity contribution in [2.45, 2.75) is 18.0 Å². The molecule has 178 valence electrons. The van der Waals surface area contributed by atoms with E-state index >= 15 is 0 Å². The number of benzene rings is 3. The first-order valence-corrected chi connectivity index (χ1v) is 11.2. The molecule has 4 atom stereocenters. The molecule has 0 aromatic heterocycles. The Hall–Kier alpha value is -4.04. The van der Waals surface area contributed by atoms with Crippen LogP contribution in [0.25, 0.3) is 0 Å². The summed E-state index contributed by atoms with van der Waals surface area (Å²) in [5.41, 5.74) is -0.790. The van der Waals surface area contributed by atoms with Crippen molar-refractivity contribution >= 4 is 23.5 Å². The van der Waals surface area contributed by atoms with Crippen LogP contribution in [0.3, 0.4) is 0 Å². The number of fused-ring (bicyclic) bond motifs is 1. The van der Waals surface area contributed by atoms with E-state index in [1.165, 1.54) is 25.3 Å². The van der Waals surface area contributed by atoms with Crippen molar-refractivity contribution in [2.75, 3.05) is 12.0 Å². The SMILES string of the molecule is COc1ccccc1N1C(=O)C2C(c3ccccc3F)NC(Cc3ccccc3)(C(=O)O)C2C1=O. The summed E-state index contributed by atoms with van der Waals surface area (Å²) < 4.78 is 20.3. The van der Waals surface area contributed by atoms with E-state index in [1.54, 1.807) is 60.7 Å². The minimum absolute atomic E-state index is 0.0614. The molecule has 2 aliphatic rings. The lowest BCUT2D eigenvalue weighted by Crippen LogP contribution is -2.57. The molecule has 2 amide bonds. The average Bonchev–Trinajstić information content (AvgIpc) is 3.34. The van der Waals surface area contributed by atoms with E-state index < -0.39 is 47.0 Å². The van der Waals surface area contributed by atoms with Crippen LogP contribution in [0, 0.1) is 17.7 Å². The minimum atomic E-state index is -1.83. The Morgan fingerprint density at radius 3 is 2.34 bits per heavy atom. The molecule has 0 aliphatic carbocycles. The number of anilines is 1. The number of nitrogens with one attached hydrogen (secondary N) is 1. The number of carbonyl (C=O) groups excluding carboxylic acids is 2. The average molecular weight is 474 g/mol. The van der Waals surface area contributed by atoms with Gasteiger partial charge in [-0.2, -0.15) is 0 Å². The number of para-hydroxylation sites is 2.